The maximum atomic E-state index is 13.0. The molecule has 1 atom stereocenters. The van der Waals surface area contributed by atoms with Crippen LogP contribution in [0.2, 0.25) is 0 Å². The Kier molecular flexibility index (Phi) is 6.22. The van der Waals surface area contributed by atoms with Crippen molar-refractivity contribution in [1.82, 2.24) is 19.4 Å². The molecule has 4 rings (SSSR count). The molecule has 1 aliphatic carbocycles. The molecule has 32 heavy (non-hydrogen) atoms. The fourth-order valence-electron chi connectivity index (χ4n) is 4.65. The normalized spacial score (nSPS) is 20.5. The Morgan fingerprint density at radius 1 is 1.22 bits per heavy atom. The highest BCUT2D eigenvalue weighted by atomic mass is 19.4. The average molecular weight is 447 g/mol. The smallest absolute Gasteiger partial charge is 0.376 e. The molecule has 0 unspecified atom stereocenters. The van der Waals surface area contributed by atoms with Crippen LogP contribution in [0, 0.1) is 17.2 Å². The molecule has 0 aliphatic heterocycles. The number of pyridine rings is 2. The zero-order valence-electron chi connectivity index (χ0n) is 17.3. The predicted octanol–water partition coefficient (Wildman–Crippen LogP) is 3.47. The first-order chi connectivity index (χ1) is 15.3. The van der Waals surface area contributed by atoms with Crippen LogP contribution >= 0.6 is 0 Å². The molecule has 10 heteroatoms. The molecule has 170 valence electrons. The van der Waals surface area contributed by atoms with E-state index in [0.29, 0.717) is 11.0 Å². The van der Waals surface area contributed by atoms with Gasteiger partial charge in [-0.2, -0.15) is 18.4 Å². The van der Waals surface area contributed by atoms with Gasteiger partial charge in [-0.05, 0) is 44.2 Å². The first-order valence-corrected chi connectivity index (χ1v) is 10.6. The maximum absolute atomic E-state index is 13.0. The average Bonchev–Trinajstić information content (AvgIpc) is 3.20. The summed E-state index contributed by atoms with van der Waals surface area (Å²) in [6.07, 6.45) is 3.02. The molecular formula is C22H24F3N5O2. The van der Waals surface area contributed by atoms with Crippen LogP contribution in [0.5, 0.6) is 0 Å². The number of hydrogen-bond donors (Lipinski definition) is 2. The second-order valence-electron chi connectivity index (χ2n) is 8.31. The summed E-state index contributed by atoms with van der Waals surface area (Å²) >= 11 is 0. The van der Waals surface area contributed by atoms with E-state index in [1.54, 1.807) is 23.0 Å². The number of fused-ring (bicyclic) bond motifs is 3. The van der Waals surface area contributed by atoms with Gasteiger partial charge in [0.15, 0.2) is 5.43 Å². The molecule has 3 aromatic heterocycles. The summed E-state index contributed by atoms with van der Waals surface area (Å²) in [5, 5.41) is 22.0. The SMILES string of the molecule is N#CC[C@@H](NCC1CCC(n2ccc(=O)c3cnc4c(ccn4CO)c32)CC1)C(F)(F)F. The van der Waals surface area contributed by atoms with Crippen LogP contribution in [0.15, 0.2) is 35.5 Å². The van der Waals surface area contributed by atoms with Crippen LogP contribution in [0.1, 0.15) is 38.1 Å². The van der Waals surface area contributed by atoms with Gasteiger partial charge < -0.3 is 19.6 Å². The fraction of sp³-hybridized carbons (Fsp3) is 0.500. The molecule has 3 heterocycles. The number of hydrogen-bond acceptors (Lipinski definition) is 5. The minimum absolute atomic E-state index is 0.0950. The number of halogens is 3. The van der Waals surface area contributed by atoms with E-state index in [1.807, 2.05) is 6.07 Å². The van der Waals surface area contributed by atoms with Crippen molar-refractivity contribution in [2.24, 2.45) is 5.92 Å². The molecule has 0 amide bonds. The summed E-state index contributed by atoms with van der Waals surface area (Å²) in [5.41, 5.74) is 1.23. The van der Waals surface area contributed by atoms with Crippen molar-refractivity contribution in [3.8, 4) is 6.07 Å². The van der Waals surface area contributed by atoms with E-state index < -0.39 is 18.6 Å². The Labute approximate surface area is 182 Å². The molecule has 0 radical (unpaired) electrons. The van der Waals surface area contributed by atoms with Crippen LogP contribution in [0.4, 0.5) is 13.2 Å². The highest BCUT2D eigenvalue weighted by molar-refractivity contribution is 6.02. The highest BCUT2D eigenvalue weighted by Crippen LogP contribution is 2.35. The lowest BCUT2D eigenvalue weighted by Crippen LogP contribution is -2.44. The third-order valence-electron chi connectivity index (χ3n) is 6.38. The van der Waals surface area contributed by atoms with Crippen molar-refractivity contribution in [2.75, 3.05) is 6.54 Å². The molecule has 0 bridgehead atoms. The van der Waals surface area contributed by atoms with E-state index in [1.165, 1.54) is 12.3 Å². The van der Waals surface area contributed by atoms with Crippen molar-refractivity contribution in [1.29, 1.82) is 5.26 Å². The number of nitrogens with one attached hydrogen (secondary N) is 1. The second-order valence-corrected chi connectivity index (χ2v) is 8.31. The highest BCUT2D eigenvalue weighted by Gasteiger charge is 2.39. The van der Waals surface area contributed by atoms with E-state index in [4.69, 9.17) is 5.26 Å². The van der Waals surface area contributed by atoms with Gasteiger partial charge in [0.1, 0.15) is 18.4 Å². The third kappa shape index (κ3) is 4.23. The quantitative estimate of drug-likeness (QED) is 0.603. The van der Waals surface area contributed by atoms with Gasteiger partial charge >= 0.3 is 6.18 Å². The van der Waals surface area contributed by atoms with E-state index in [0.717, 1.165) is 36.6 Å². The van der Waals surface area contributed by atoms with E-state index in [-0.39, 0.29) is 30.7 Å². The minimum Gasteiger partial charge on any atom is -0.376 e. The molecule has 1 saturated carbocycles. The molecule has 0 saturated heterocycles. The van der Waals surface area contributed by atoms with Crippen LogP contribution in [-0.2, 0) is 6.73 Å². The Morgan fingerprint density at radius 3 is 2.62 bits per heavy atom. The molecule has 0 aromatic carbocycles. The Hall–Kier alpha value is -2.90. The lowest BCUT2D eigenvalue weighted by Gasteiger charge is -2.32. The van der Waals surface area contributed by atoms with Gasteiger partial charge in [-0.1, -0.05) is 0 Å². The Bertz CT molecular complexity index is 1200. The topological polar surface area (TPSA) is 95.9 Å². The van der Waals surface area contributed by atoms with E-state index in [2.05, 4.69) is 14.9 Å². The summed E-state index contributed by atoms with van der Waals surface area (Å²) in [5.74, 6) is 0.0950. The lowest BCUT2D eigenvalue weighted by atomic mass is 9.85. The first-order valence-electron chi connectivity index (χ1n) is 10.6. The minimum atomic E-state index is -4.44. The summed E-state index contributed by atoms with van der Waals surface area (Å²) in [6.45, 7) is -0.00108. The van der Waals surface area contributed by atoms with E-state index in [9.17, 15) is 23.1 Å². The van der Waals surface area contributed by atoms with E-state index >= 15 is 0 Å². The van der Waals surface area contributed by atoms with Crippen LogP contribution in [0.3, 0.4) is 0 Å². The first kappa shape index (κ1) is 22.3. The molecular weight excluding hydrogens is 423 g/mol. The van der Waals surface area contributed by atoms with Gasteiger partial charge in [-0.3, -0.25) is 4.79 Å². The number of aliphatic hydroxyl groups excluding tert-OH is 1. The van der Waals surface area contributed by atoms with Crippen LogP contribution < -0.4 is 10.7 Å². The number of nitriles is 1. The van der Waals surface area contributed by atoms with Crippen LogP contribution in [0.25, 0.3) is 21.9 Å². The van der Waals surface area contributed by atoms with Gasteiger partial charge in [-0.15, -0.1) is 0 Å². The van der Waals surface area contributed by atoms with Gasteiger partial charge in [-0.25, -0.2) is 4.98 Å². The van der Waals surface area contributed by atoms with Crippen molar-refractivity contribution in [3.05, 3.63) is 40.9 Å². The molecule has 7 nitrogen and oxygen atoms in total. The second kappa shape index (κ2) is 8.92. The lowest BCUT2D eigenvalue weighted by molar-refractivity contribution is -0.155. The summed E-state index contributed by atoms with van der Waals surface area (Å²) in [4.78, 5) is 16.8. The van der Waals surface area contributed by atoms with Crippen molar-refractivity contribution >= 4 is 21.9 Å². The van der Waals surface area contributed by atoms with Crippen LogP contribution in [-0.4, -0.2) is 38.0 Å². The monoisotopic (exact) mass is 447 g/mol. The van der Waals surface area contributed by atoms with Crippen molar-refractivity contribution < 1.29 is 18.3 Å². The standard InChI is InChI=1S/C22H24F3N5O2/c23-22(24,25)19(5-8-26)27-11-14-1-3-15(4-2-14)30-10-7-18(32)17-12-28-21-16(20(17)30)6-9-29(21)13-31/h6-7,9-10,12,14-15,19,27,31H,1-5,11,13H2/t14?,15?,19-/m1/s1. The zero-order valence-corrected chi connectivity index (χ0v) is 17.3. The van der Waals surface area contributed by atoms with Gasteiger partial charge in [0.05, 0.1) is 23.4 Å². The fourth-order valence-corrected chi connectivity index (χ4v) is 4.65. The predicted molar refractivity (Wildman–Crippen MR) is 113 cm³/mol. The molecule has 3 aromatic rings. The van der Waals surface area contributed by atoms with Gasteiger partial charge in [0, 0.05) is 36.1 Å². The molecule has 1 fully saturated rings. The summed E-state index contributed by atoms with van der Waals surface area (Å²) in [7, 11) is 0. The third-order valence-corrected chi connectivity index (χ3v) is 6.38. The number of rotatable bonds is 6. The van der Waals surface area contributed by atoms with Crippen molar-refractivity contribution in [2.45, 2.75) is 57.1 Å². The number of alkyl halides is 3. The maximum Gasteiger partial charge on any atom is 0.404 e. The van der Waals surface area contributed by atoms with Crippen molar-refractivity contribution in [3.63, 3.8) is 0 Å². The molecule has 2 N–H and O–H groups in total. The summed E-state index contributed by atoms with van der Waals surface area (Å²) in [6, 6.07) is 3.25. The summed E-state index contributed by atoms with van der Waals surface area (Å²) < 4.78 is 42.7. The van der Waals surface area contributed by atoms with Gasteiger partial charge in [0.25, 0.3) is 0 Å². The van der Waals surface area contributed by atoms with Gasteiger partial charge in [0.2, 0.25) is 0 Å². The Morgan fingerprint density at radius 2 is 1.97 bits per heavy atom. The zero-order chi connectivity index (χ0) is 22.9. The molecule has 0 spiro atoms. The number of nitrogens with zero attached hydrogens (tertiary/aromatic N) is 4. The largest absolute Gasteiger partial charge is 0.404 e. The number of aromatic nitrogens is 3. The molecule has 1 aliphatic rings. The Balaban J connectivity index is 1.53. The number of aliphatic hydroxyl groups is 1.